The van der Waals surface area contributed by atoms with E-state index < -0.39 is 10.0 Å². The van der Waals surface area contributed by atoms with Gasteiger partial charge in [0.05, 0.1) is 11.4 Å². The summed E-state index contributed by atoms with van der Waals surface area (Å²) in [7, 11) is -3.74. The number of amides is 1. The Hall–Kier alpha value is -2.98. The molecule has 1 aliphatic rings. The average Bonchev–Trinajstić information content (AvgIpc) is 3.50. The predicted octanol–water partition coefficient (Wildman–Crippen LogP) is 3.31. The van der Waals surface area contributed by atoms with Gasteiger partial charge in [0.15, 0.2) is 10.6 Å². The van der Waals surface area contributed by atoms with Crippen molar-refractivity contribution in [1.29, 1.82) is 0 Å². The minimum atomic E-state index is -3.74. The minimum Gasteiger partial charge on any atom is -0.345 e. The Morgan fingerprint density at radius 2 is 1.83 bits per heavy atom. The second kappa shape index (κ2) is 8.04. The van der Waals surface area contributed by atoms with Crippen LogP contribution in [0.3, 0.4) is 0 Å². The first kappa shape index (κ1) is 20.3. The quantitative estimate of drug-likeness (QED) is 0.486. The van der Waals surface area contributed by atoms with Crippen LogP contribution in [0.2, 0.25) is 0 Å². The lowest BCUT2D eigenvalue weighted by Gasteiger charge is -2.10. The number of benzene rings is 2. The maximum atomic E-state index is 12.6. The molecule has 1 amide bonds. The van der Waals surface area contributed by atoms with Crippen molar-refractivity contribution in [2.45, 2.75) is 37.2 Å². The lowest BCUT2D eigenvalue weighted by molar-refractivity contribution is 0.0949. The van der Waals surface area contributed by atoms with E-state index in [0.717, 1.165) is 18.4 Å². The van der Waals surface area contributed by atoms with Gasteiger partial charge in [-0.15, -0.1) is 0 Å². The number of nitrogens with one attached hydrogen (secondary N) is 3. The Kier molecular flexibility index (Phi) is 5.44. The Morgan fingerprint density at radius 1 is 1.17 bits per heavy atom. The van der Waals surface area contributed by atoms with E-state index in [0.29, 0.717) is 27.9 Å². The molecule has 1 aromatic heterocycles. The van der Waals surface area contributed by atoms with Gasteiger partial charge in [-0.3, -0.25) is 19.2 Å². The van der Waals surface area contributed by atoms with Gasteiger partial charge in [-0.25, -0.2) is 8.42 Å². The summed E-state index contributed by atoms with van der Waals surface area (Å²) in [5.74, 6) is 0.360. The van der Waals surface area contributed by atoms with Gasteiger partial charge in [-0.1, -0.05) is 17.7 Å². The first-order valence-electron chi connectivity index (χ1n) is 9.47. The normalized spacial score (nSPS) is 13.8. The summed E-state index contributed by atoms with van der Waals surface area (Å²) < 4.78 is 30.1. The number of aryl methyl sites for hydroxylation is 1. The molecular formula is C20H21N5O3S2. The number of sulfonamides is 1. The third-order valence-electron chi connectivity index (χ3n) is 4.83. The van der Waals surface area contributed by atoms with Crippen molar-refractivity contribution in [3.05, 3.63) is 70.3 Å². The van der Waals surface area contributed by atoms with E-state index in [-0.39, 0.29) is 17.3 Å². The highest BCUT2D eigenvalue weighted by molar-refractivity contribution is 7.92. The smallest absolute Gasteiger partial charge is 0.261 e. The summed E-state index contributed by atoms with van der Waals surface area (Å²) in [6, 6.07) is 13.2. The molecule has 0 unspecified atom stereocenters. The third-order valence-corrected chi connectivity index (χ3v) is 6.51. The van der Waals surface area contributed by atoms with Crippen LogP contribution in [0.25, 0.3) is 0 Å². The molecule has 156 valence electrons. The van der Waals surface area contributed by atoms with Crippen molar-refractivity contribution in [3.63, 3.8) is 0 Å². The molecule has 1 heterocycles. The molecule has 3 N–H and O–H groups in total. The Balaban J connectivity index is 1.42. The lowest BCUT2D eigenvalue weighted by atomic mass is 10.2. The van der Waals surface area contributed by atoms with E-state index >= 15 is 0 Å². The Bertz CT molecular complexity index is 1220. The van der Waals surface area contributed by atoms with Gasteiger partial charge in [0.2, 0.25) is 0 Å². The van der Waals surface area contributed by atoms with Crippen molar-refractivity contribution in [2.75, 3.05) is 4.72 Å². The lowest BCUT2D eigenvalue weighted by Crippen LogP contribution is -2.24. The monoisotopic (exact) mass is 443 g/mol. The van der Waals surface area contributed by atoms with Crippen LogP contribution in [0, 0.1) is 11.7 Å². The van der Waals surface area contributed by atoms with E-state index in [1.54, 1.807) is 12.1 Å². The van der Waals surface area contributed by atoms with Gasteiger partial charge in [0.1, 0.15) is 0 Å². The van der Waals surface area contributed by atoms with Crippen LogP contribution in [0.15, 0.2) is 53.4 Å². The zero-order chi connectivity index (χ0) is 21.3. The Morgan fingerprint density at radius 3 is 2.47 bits per heavy atom. The summed E-state index contributed by atoms with van der Waals surface area (Å²) in [5, 5.41) is 9.74. The second-order valence-corrected chi connectivity index (χ2v) is 9.29. The number of anilines is 1. The number of hydrogen-bond acceptors (Lipinski definition) is 5. The topological polar surface area (TPSA) is 109 Å². The number of carbonyl (C=O) groups excluding carboxylic acids is 1. The second-order valence-electron chi connectivity index (χ2n) is 7.22. The van der Waals surface area contributed by atoms with Gasteiger partial charge >= 0.3 is 0 Å². The fourth-order valence-electron chi connectivity index (χ4n) is 3.05. The molecule has 0 radical (unpaired) electrons. The molecule has 8 nitrogen and oxygen atoms in total. The number of H-pyrrole nitrogens is 1. The van der Waals surface area contributed by atoms with Crippen LogP contribution in [0.5, 0.6) is 0 Å². The number of rotatable bonds is 7. The number of aromatic nitrogens is 3. The van der Waals surface area contributed by atoms with Gasteiger partial charge in [0, 0.05) is 17.3 Å². The van der Waals surface area contributed by atoms with Crippen LogP contribution in [0.4, 0.5) is 5.69 Å². The average molecular weight is 444 g/mol. The van der Waals surface area contributed by atoms with Crippen molar-refractivity contribution < 1.29 is 13.2 Å². The highest BCUT2D eigenvalue weighted by atomic mass is 32.2. The van der Waals surface area contributed by atoms with Crippen molar-refractivity contribution in [2.24, 2.45) is 0 Å². The van der Waals surface area contributed by atoms with Crippen LogP contribution < -0.4 is 10.0 Å². The van der Waals surface area contributed by atoms with Crippen molar-refractivity contribution in [1.82, 2.24) is 20.1 Å². The highest BCUT2D eigenvalue weighted by Crippen LogP contribution is 2.35. The summed E-state index contributed by atoms with van der Waals surface area (Å²) >= 11 is 5.23. The number of carbonyl (C=O) groups is 1. The van der Waals surface area contributed by atoms with Crippen molar-refractivity contribution >= 4 is 33.8 Å². The molecule has 10 heteroatoms. The number of aromatic amines is 1. The van der Waals surface area contributed by atoms with Gasteiger partial charge in [-0.05, 0) is 68.4 Å². The summed E-state index contributed by atoms with van der Waals surface area (Å²) in [5.41, 5.74) is 1.87. The van der Waals surface area contributed by atoms with Crippen LogP contribution in [-0.2, 0) is 16.6 Å². The number of hydrogen-bond donors (Lipinski definition) is 3. The zero-order valence-electron chi connectivity index (χ0n) is 16.3. The standard InChI is InChI=1S/C20H21N5O3S2/c1-13-2-6-15(7-3-13)24-30(27,28)17-10-4-14(5-11-17)19(26)21-12-18-22-23-20(29)25(18)16-8-9-16/h2-7,10-11,16,24H,8-9,12H2,1H3,(H,21,26)(H,23,29). The molecule has 30 heavy (non-hydrogen) atoms. The van der Waals surface area contributed by atoms with E-state index in [2.05, 4.69) is 20.2 Å². The molecule has 1 saturated carbocycles. The molecular weight excluding hydrogens is 422 g/mol. The fraction of sp³-hybridized carbons (Fsp3) is 0.250. The van der Waals surface area contributed by atoms with E-state index in [1.165, 1.54) is 24.3 Å². The Labute approximate surface area is 179 Å². The largest absolute Gasteiger partial charge is 0.345 e. The highest BCUT2D eigenvalue weighted by Gasteiger charge is 2.27. The maximum Gasteiger partial charge on any atom is 0.261 e. The van der Waals surface area contributed by atoms with Gasteiger partial charge in [-0.2, -0.15) is 5.10 Å². The predicted molar refractivity (Wildman–Crippen MR) is 115 cm³/mol. The van der Waals surface area contributed by atoms with E-state index in [9.17, 15) is 13.2 Å². The first-order chi connectivity index (χ1) is 14.3. The first-order valence-corrected chi connectivity index (χ1v) is 11.4. The molecule has 0 bridgehead atoms. The van der Waals surface area contributed by atoms with E-state index in [1.807, 2.05) is 23.6 Å². The maximum absolute atomic E-state index is 12.6. The van der Waals surface area contributed by atoms with E-state index in [4.69, 9.17) is 12.2 Å². The fourth-order valence-corrected chi connectivity index (χ4v) is 4.41. The van der Waals surface area contributed by atoms with Crippen molar-refractivity contribution in [3.8, 4) is 0 Å². The summed E-state index contributed by atoms with van der Waals surface area (Å²) in [6.07, 6.45) is 2.11. The molecule has 1 aliphatic carbocycles. The minimum absolute atomic E-state index is 0.0780. The van der Waals surface area contributed by atoms with Crippen LogP contribution >= 0.6 is 12.2 Å². The molecule has 4 rings (SSSR count). The van der Waals surface area contributed by atoms with Crippen LogP contribution in [0.1, 0.15) is 40.6 Å². The molecule has 0 spiro atoms. The third kappa shape index (κ3) is 4.44. The summed E-state index contributed by atoms with van der Waals surface area (Å²) in [6.45, 7) is 2.16. The zero-order valence-corrected chi connectivity index (χ0v) is 17.9. The molecule has 1 fully saturated rings. The summed E-state index contributed by atoms with van der Waals surface area (Å²) in [4.78, 5) is 12.5. The molecule has 0 atom stereocenters. The van der Waals surface area contributed by atoms with Crippen LogP contribution in [-0.4, -0.2) is 29.1 Å². The SMILES string of the molecule is Cc1ccc(NS(=O)(=O)c2ccc(C(=O)NCc3n[nH]c(=S)n3C3CC3)cc2)cc1. The number of nitrogens with zero attached hydrogens (tertiary/aromatic N) is 2. The molecule has 3 aromatic rings. The van der Waals surface area contributed by atoms with Gasteiger partial charge in [0.25, 0.3) is 15.9 Å². The molecule has 0 saturated heterocycles. The molecule has 2 aromatic carbocycles. The molecule has 0 aliphatic heterocycles. The van der Waals surface area contributed by atoms with Gasteiger partial charge < -0.3 is 5.32 Å².